The SMILES string of the molecule is Cc1cc(OCCBr)ccc1C(C)C. The number of halogens is 1. The van der Waals surface area contributed by atoms with Gasteiger partial charge in [-0.15, -0.1) is 0 Å². The Morgan fingerprint density at radius 3 is 2.57 bits per heavy atom. The summed E-state index contributed by atoms with van der Waals surface area (Å²) in [5.74, 6) is 1.55. The lowest BCUT2D eigenvalue weighted by Crippen LogP contribution is -1.99. The smallest absolute Gasteiger partial charge is 0.119 e. The molecular formula is C12H17BrO. The molecule has 0 aliphatic rings. The molecule has 0 unspecified atom stereocenters. The summed E-state index contributed by atoms with van der Waals surface area (Å²) in [5.41, 5.74) is 2.71. The van der Waals surface area contributed by atoms with E-state index in [2.05, 4.69) is 48.8 Å². The molecule has 0 radical (unpaired) electrons. The van der Waals surface area contributed by atoms with Crippen LogP contribution >= 0.6 is 15.9 Å². The molecule has 1 rings (SSSR count). The zero-order chi connectivity index (χ0) is 10.6. The molecule has 0 amide bonds. The van der Waals surface area contributed by atoms with E-state index in [4.69, 9.17) is 4.74 Å². The number of aryl methyl sites for hydroxylation is 1. The van der Waals surface area contributed by atoms with Crippen LogP contribution < -0.4 is 4.74 Å². The highest BCUT2D eigenvalue weighted by molar-refractivity contribution is 9.09. The summed E-state index contributed by atoms with van der Waals surface area (Å²) in [4.78, 5) is 0. The number of rotatable bonds is 4. The Kier molecular flexibility index (Phi) is 4.46. The van der Waals surface area contributed by atoms with Gasteiger partial charge in [0.05, 0.1) is 6.61 Å². The van der Waals surface area contributed by atoms with Crippen molar-refractivity contribution in [1.29, 1.82) is 0 Å². The largest absolute Gasteiger partial charge is 0.493 e. The molecular weight excluding hydrogens is 240 g/mol. The van der Waals surface area contributed by atoms with Gasteiger partial charge in [-0.05, 0) is 36.1 Å². The molecule has 0 N–H and O–H groups in total. The quantitative estimate of drug-likeness (QED) is 0.743. The molecule has 0 atom stereocenters. The maximum absolute atomic E-state index is 5.52. The first-order chi connectivity index (χ1) is 6.65. The van der Waals surface area contributed by atoms with Crippen molar-refractivity contribution in [2.24, 2.45) is 0 Å². The fraction of sp³-hybridized carbons (Fsp3) is 0.500. The Morgan fingerprint density at radius 1 is 1.36 bits per heavy atom. The van der Waals surface area contributed by atoms with Crippen molar-refractivity contribution in [3.63, 3.8) is 0 Å². The monoisotopic (exact) mass is 256 g/mol. The van der Waals surface area contributed by atoms with Crippen molar-refractivity contribution in [3.8, 4) is 5.75 Å². The summed E-state index contributed by atoms with van der Waals surface area (Å²) in [6, 6.07) is 6.31. The lowest BCUT2D eigenvalue weighted by Gasteiger charge is -2.11. The minimum atomic E-state index is 0.584. The third kappa shape index (κ3) is 3.02. The lowest BCUT2D eigenvalue weighted by molar-refractivity contribution is 0.344. The Morgan fingerprint density at radius 2 is 2.07 bits per heavy atom. The molecule has 78 valence electrons. The Labute approximate surface area is 94.6 Å². The first-order valence-electron chi connectivity index (χ1n) is 4.94. The molecule has 0 heterocycles. The molecule has 1 aromatic carbocycles. The van der Waals surface area contributed by atoms with Crippen LogP contribution in [0.15, 0.2) is 18.2 Å². The lowest BCUT2D eigenvalue weighted by atomic mass is 9.98. The van der Waals surface area contributed by atoms with Crippen LogP contribution in [0.3, 0.4) is 0 Å². The summed E-state index contributed by atoms with van der Waals surface area (Å²) in [6.45, 7) is 7.28. The van der Waals surface area contributed by atoms with E-state index in [1.165, 1.54) is 11.1 Å². The van der Waals surface area contributed by atoms with Crippen LogP contribution in [-0.4, -0.2) is 11.9 Å². The van der Waals surface area contributed by atoms with Crippen LogP contribution in [0, 0.1) is 6.92 Å². The first kappa shape index (κ1) is 11.6. The molecule has 0 spiro atoms. The standard InChI is InChI=1S/C12H17BrO/c1-9(2)12-5-4-11(8-10(12)3)14-7-6-13/h4-5,8-9H,6-7H2,1-3H3. The van der Waals surface area contributed by atoms with Gasteiger partial charge in [0, 0.05) is 5.33 Å². The second-order valence-corrected chi connectivity index (χ2v) is 4.50. The van der Waals surface area contributed by atoms with Crippen molar-refractivity contribution < 1.29 is 4.74 Å². The van der Waals surface area contributed by atoms with Gasteiger partial charge >= 0.3 is 0 Å². The van der Waals surface area contributed by atoms with Crippen molar-refractivity contribution in [3.05, 3.63) is 29.3 Å². The summed E-state index contributed by atoms with van der Waals surface area (Å²) < 4.78 is 5.52. The number of benzene rings is 1. The van der Waals surface area contributed by atoms with Crippen LogP contribution in [0.1, 0.15) is 30.9 Å². The van der Waals surface area contributed by atoms with Gasteiger partial charge in [-0.1, -0.05) is 35.8 Å². The van der Waals surface area contributed by atoms with E-state index in [0.29, 0.717) is 5.92 Å². The van der Waals surface area contributed by atoms with Crippen LogP contribution in [0.2, 0.25) is 0 Å². The van der Waals surface area contributed by atoms with Gasteiger partial charge in [0.1, 0.15) is 5.75 Å². The number of hydrogen-bond donors (Lipinski definition) is 0. The van der Waals surface area contributed by atoms with Gasteiger partial charge in [-0.2, -0.15) is 0 Å². The van der Waals surface area contributed by atoms with Gasteiger partial charge in [0.25, 0.3) is 0 Å². The van der Waals surface area contributed by atoms with Gasteiger partial charge in [0.15, 0.2) is 0 Å². The third-order valence-corrected chi connectivity index (χ3v) is 2.53. The van der Waals surface area contributed by atoms with Crippen molar-refractivity contribution in [1.82, 2.24) is 0 Å². The fourth-order valence-electron chi connectivity index (χ4n) is 1.54. The van der Waals surface area contributed by atoms with E-state index in [0.717, 1.165) is 17.7 Å². The third-order valence-electron chi connectivity index (χ3n) is 2.21. The van der Waals surface area contributed by atoms with E-state index in [1.807, 2.05) is 6.07 Å². The molecule has 1 nitrogen and oxygen atoms in total. The average molecular weight is 257 g/mol. The Hall–Kier alpha value is -0.500. The highest BCUT2D eigenvalue weighted by Crippen LogP contribution is 2.23. The molecule has 0 aliphatic heterocycles. The number of hydrogen-bond acceptors (Lipinski definition) is 1. The zero-order valence-corrected chi connectivity index (χ0v) is 10.6. The van der Waals surface area contributed by atoms with Crippen LogP contribution in [0.4, 0.5) is 0 Å². The maximum Gasteiger partial charge on any atom is 0.119 e. The second-order valence-electron chi connectivity index (χ2n) is 3.71. The topological polar surface area (TPSA) is 9.23 Å². The van der Waals surface area contributed by atoms with E-state index in [9.17, 15) is 0 Å². The normalized spacial score (nSPS) is 10.6. The second kappa shape index (κ2) is 5.40. The van der Waals surface area contributed by atoms with E-state index in [1.54, 1.807) is 0 Å². The van der Waals surface area contributed by atoms with Gasteiger partial charge in [0.2, 0.25) is 0 Å². The van der Waals surface area contributed by atoms with Crippen LogP contribution in [0.5, 0.6) is 5.75 Å². The van der Waals surface area contributed by atoms with Crippen LogP contribution in [0.25, 0.3) is 0 Å². The summed E-state index contributed by atoms with van der Waals surface area (Å²) in [5, 5.41) is 0.873. The predicted octanol–water partition coefficient (Wildman–Crippen LogP) is 3.89. The van der Waals surface area contributed by atoms with Crippen molar-refractivity contribution in [2.45, 2.75) is 26.7 Å². The van der Waals surface area contributed by atoms with E-state index in [-0.39, 0.29) is 0 Å². The molecule has 0 bridgehead atoms. The molecule has 0 saturated heterocycles. The van der Waals surface area contributed by atoms with Gasteiger partial charge < -0.3 is 4.74 Å². The molecule has 0 fully saturated rings. The highest BCUT2D eigenvalue weighted by atomic mass is 79.9. The molecule has 1 aromatic rings. The summed E-state index contributed by atoms with van der Waals surface area (Å²) >= 11 is 3.34. The summed E-state index contributed by atoms with van der Waals surface area (Å²) in [6.07, 6.45) is 0. The highest BCUT2D eigenvalue weighted by Gasteiger charge is 2.04. The van der Waals surface area contributed by atoms with Gasteiger partial charge in [-0.3, -0.25) is 0 Å². The predicted molar refractivity (Wildman–Crippen MR) is 64.6 cm³/mol. The molecule has 2 heteroatoms. The summed E-state index contributed by atoms with van der Waals surface area (Å²) in [7, 11) is 0. The van der Waals surface area contributed by atoms with Crippen LogP contribution in [-0.2, 0) is 0 Å². The fourth-order valence-corrected chi connectivity index (χ4v) is 1.70. The average Bonchev–Trinajstić information content (AvgIpc) is 2.14. The molecule has 0 aromatic heterocycles. The minimum absolute atomic E-state index is 0.584. The van der Waals surface area contributed by atoms with E-state index >= 15 is 0 Å². The molecule has 0 saturated carbocycles. The number of alkyl halides is 1. The number of ether oxygens (including phenoxy) is 1. The Bertz CT molecular complexity index is 294. The zero-order valence-electron chi connectivity index (χ0n) is 9.01. The van der Waals surface area contributed by atoms with Gasteiger partial charge in [-0.25, -0.2) is 0 Å². The van der Waals surface area contributed by atoms with E-state index < -0.39 is 0 Å². The van der Waals surface area contributed by atoms with Crippen molar-refractivity contribution in [2.75, 3.05) is 11.9 Å². The maximum atomic E-state index is 5.52. The van der Waals surface area contributed by atoms with Crippen molar-refractivity contribution >= 4 is 15.9 Å². The first-order valence-corrected chi connectivity index (χ1v) is 6.06. The minimum Gasteiger partial charge on any atom is -0.493 e. The molecule has 0 aliphatic carbocycles. The Balaban J connectivity index is 2.78. The molecule has 14 heavy (non-hydrogen) atoms.